The largest absolute Gasteiger partial charge is 0.392 e. The molecule has 0 aliphatic heterocycles. The van der Waals surface area contributed by atoms with Gasteiger partial charge in [-0.15, -0.1) is 0 Å². The lowest BCUT2D eigenvalue weighted by molar-refractivity contribution is 0.0500. The van der Waals surface area contributed by atoms with Gasteiger partial charge in [-0.05, 0) is 37.0 Å². The van der Waals surface area contributed by atoms with Gasteiger partial charge in [-0.25, -0.2) is 4.39 Å². The van der Waals surface area contributed by atoms with Crippen LogP contribution in [0.25, 0.3) is 0 Å². The normalized spacial score (nSPS) is 23.8. The first-order chi connectivity index (χ1) is 11.1. The Hall–Kier alpha value is -2.21. The summed E-state index contributed by atoms with van der Waals surface area (Å²) in [5.74, 6) is -0.487. The van der Waals surface area contributed by atoms with Crippen LogP contribution in [0.5, 0.6) is 0 Å². The summed E-state index contributed by atoms with van der Waals surface area (Å²) in [6.07, 6.45) is 5.61. The highest BCUT2D eigenvalue weighted by molar-refractivity contribution is 5.93. The molecule has 2 aromatic rings. The van der Waals surface area contributed by atoms with Crippen molar-refractivity contribution < 1.29 is 14.3 Å². The molecule has 1 aromatic heterocycles. The molecular formula is C17H20FN3O2. The van der Waals surface area contributed by atoms with Crippen LogP contribution in [0.1, 0.15) is 35.2 Å². The number of halogens is 1. The second-order valence-electron chi connectivity index (χ2n) is 6.24. The van der Waals surface area contributed by atoms with Crippen molar-refractivity contribution in [1.82, 2.24) is 15.5 Å². The summed E-state index contributed by atoms with van der Waals surface area (Å²) in [6.45, 7) is 0.384. The molecular weight excluding hydrogens is 297 g/mol. The number of amides is 1. The third-order valence-corrected chi connectivity index (χ3v) is 4.69. The van der Waals surface area contributed by atoms with E-state index in [1.54, 1.807) is 12.1 Å². The Kier molecular flexibility index (Phi) is 4.43. The zero-order valence-corrected chi connectivity index (χ0v) is 12.8. The van der Waals surface area contributed by atoms with Gasteiger partial charge < -0.3 is 10.4 Å². The Morgan fingerprint density at radius 3 is 2.83 bits per heavy atom. The summed E-state index contributed by atoms with van der Waals surface area (Å²) in [5, 5.41) is 19.7. The number of aliphatic hydroxyl groups is 1. The topological polar surface area (TPSA) is 78.0 Å². The van der Waals surface area contributed by atoms with Gasteiger partial charge >= 0.3 is 0 Å². The van der Waals surface area contributed by atoms with Crippen LogP contribution in [0.2, 0.25) is 0 Å². The molecule has 23 heavy (non-hydrogen) atoms. The zero-order chi connectivity index (χ0) is 16.3. The minimum atomic E-state index is -0.475. The van der Waals surface area contributed by atoms with Crippen LogP contribution in [0.15, 0.2) is 36.7 Å². The van der Waals surface area contributed by atoms with Crippen molar-refractivity contribution in [3.05, 3.63) is 53.6 Å². The Morgan fingerprint density at radius 1 is 1.43 bits per heavy atom. The van der Waals surface area contributed by atoms with E-state index < -0.39 is 11.5 Å². The van der Waals surface area contributed by atoms with Crippen molar-refractivity contribution in [2.24, 2.45) is 5.41 Å². The molecule has 1 heterocycles. The Labute approximate surface area is 133 Å². The molecule has 2 atom stereocenters. The predicted octanol–water partition coefficient (Wildman–Crippen LogP) is 2.05. The lowest BCUT2D eigenvalue weighted by Crippen LogP contribution is -2.44. The summed E-state index contributed by atoms with van der Waals surface area (Å²) in [5.41, 5.74) is 1.02. The third-order valence-electron chi connectivity index (χ3n) is 4.69. The van der Waals surface area contributed by atoms with Gasteiger partial charge in [0.15, 0.2) is 0 Å². The molecule has 3 rings (SSSR count). The molecule has 1 saturated carbocycles. The molecule has 1 fully saturated rings. The van der Waals surface area contributed by atoms with E-state index >= 15 is 0 Å². The van der Waals surface area contributed by atoms with E-state index in [4.69, 9.17) is 0 Å². The number of hydrogen-bond acceptors (Lipinski definition) is 3. The second-order valence-corrected chi connectivity index (χ2v) is 6.24. The SMILES string of the molecule is O=C(NC[C@@]1(Cc2ccc(F)cc2)CCC[C@@H]1O)c1cn[nH]c1. The molecule has 0 spiro atoms. The van der Waals surface area contributed by atoms with Crippen molar-refractivity contribution in [2.75, 3.05) is 6.54 Å². The summed E-state index contributed by atoms with van der Waals surface area (Å²) in [6, 6.07) is 6.32. The number of nitrogens with one attached hydrogen (secondary N) is 2. The summed E-state index contributed by atoms with van der Waals surface area (Å²) in [7, 11) is 0. The van der Waals surface area contributed by atoms with Gasteiger partial charge in [0.25, 0.3) is 5.91 Å². The van der Waals surface area contributed by atoms with Crippen molar-refractivity contribution in [3.63, 3.8) is 0 Å². The van der Waals surface area contributed by atoms with E-state index in [-0.39, 0.29) is 11.7 Å². The van der Waals surface area contributed by atoms with Crippen LogP contribution >= 0.6 is 0 Å². The second kappa shape index (κ2) is 6.50. The molecule has 1 aliphatic rings. The van der Waals surface area contributed by atoms with Gasteiger partial charge in [0.1, 0.15) is 5.82 Å². The first-order valence-corrected chi connectivity index (χ1v) is 7.79. The van der Waals surface area contributed by atoms with Crippen LogP contribution < -0.4 is 5.32 Å². The molecule has 0 radical (unpaired) electrons. The number of aromatic nitrogens is 2. The van der Waals surface area contributed by atoms with Crippen LogP contribution in [0, 0.1) is 11.2 Å². The Balaban J connectivity index is 1.72. The van der Waals surface area contributed by atoms with Crippen molar-refractivity contribution in [3.8, 4) is 0 Å². The van der Waals surface area contributed by atoms with E-state index in [9.17, 15) is 14.3 Å². The molecule has 0 saturated heterocycles. The number of nitrogens with zero attached hydrogens (tertiary/aromatic N) is 1. The fraction of sp³-hybridized carbons (Fsp3) is 0.412. The maximum atomic E-state index is 13.1. The van der Waals surface area contributed by atoms with Crippen molar-refractivity contribution in [1.29, 1.82) is 0 Å². The molecule has 5 nitrogen and oxygen atoms in total. The lowest BCUT2D eigenvalue weighted by atomic mass is 9.78. The fourth-order valence-electron chi connectivity index (χ4n) is 3.34. The molecule has 122 valence electrons. The monoisotopic (exact) mass is 317 g/mol. The van der Waals surface area contributed by atoms with Crippen LogP contribution in [0.3, 0.4) is 0 Å². The number of benzene rings is 1. The molecule has 1 aromatic carbocycles. The van der Waals surface area contributed by atoms with Crippen molar-refractivity contribution in [2.45, 2.75) is 31.8 Å². The smallest absolute Gasteiger partial charge is 0.254 e. The summed E-state index contributed by atoms with van der Waals surface area (Å²) in [4.78, 5) is 12.1. The average Bonchev–Trinajstić information content (AvgIpc) is 3.19. The quantitative estimate of drug-likeness (QED) is 0.790. The molecule has 0 bridgehead atoms. The lowest BCUT2D eigenvalue weighted by Gasteiger charge is -2.33. The Bertz CT molecular complexity index is 657. The van der Waals surface area contributed by atoms with Crippen LogP contribution in [-0.2, 0) is 6.42 Å². The third kappa shape index (κ3) is 3.42. The maximum Gasteiger partial charge on any atom is 0.254 e. The number of rotatable bonds is 5. The van der Waals surface area contributed by atoms with Crippen LogP contribution in [-0.4, -0.2) is 33.9 Å². The predicted molar refractivity (Wildman–Crippen MR) is 83.3 cm³/mol. The summed E-state index contributed by atoms with van der Waals surface area (Å²) < 4.78 is 13.1. The van der Waals surface area contributed by atoms with Gasteiger partial charge in [0.05, 0.1) is 17.9 Å². The number of H-pyrrole nitrogens is 1. The average molecular weight is 317 g/mol. The van der Waals surface area contributed by atoms with Gasteiger partial charge in [-0.1, -0.05) is 18.6 Å². The highest BCUT2D eigenvalue weighted by Crippen LogP contribution is 2.40. The summed E-state index contributed by atoms with van der Waals surface area (Å²) >= 11 is 0. The molecule has 1 amide bonds. The number of carbonyl (C=O) groups is 1. The first kappa shape index (κ1) is 15.7. The molecule has 1 aliphatic carbocycles. The van der Waals surface area contributed by atoms with Gasteiger partial charge in [0, 0.05) is 18.2 Å². The highest BCUT2D eigenvalue weighted by atomic mass is 19.1. The van der Waals surface area contributed by atoms with Gasteiger partial charge in [-0.3, -0.25) is 9.89 Å². The van der Waals surface area contributed by atoms with Crippen molar-refractivity contribution >= 4 is 5.91 Å². The first-order valence-electron chi connectivity index (χ1n) is 7.79. The number of carbonyl (C=O) groups excluding carboxylic acids is 1. The maximum absolute atomic E-state index is 13.1. The minimum Gasteiger partial charge on any atom is -0.392 e. The minimum absolute atomic E-state index is 0.212. The van der Waals surface area contributed by atoms with E-state index in [1.807, 2.05) is 0 Å². The number of aliphatic hydroxyl groups excluding tert-OH is 1. The van der Waals surface area contributed by atoms with Gasteiger partial charge in [-0.2, -0.15) is 5.10 Å². The standard InChI is InChI=1S/C17H20FN3O2/c18-14-5-3-12(4-6-14)8-17(7-1-2-15(17)22)11-19-16(23)13-9-20-21-10-13/h3-6,9-10,15,22H,1-2,7-8,11H2,(H,19,23)(H,20,21)/t15-,17-/m0/s1. The molecule has 0 unspecified atom stereocenters. The van der Waals surface area contributed by atoms with Gasteiger partial charge in [0.2, 0.25) is 0 Å². The Morgan fingerprint density at radius 2 is 2.22 bits per heavy atom. The van der Waals surface area contributed by atoms with E-state index in [0.29, 0.717) is 18.5 Å². The van der Waals surface area contributed by atoms with E-state index in [0.717, 1.165) is 24.8 Å². The zero-order valence-electron chi connectivity index (χ0n) is 12.8. The number of hydrogen-bond donors (Lipinski definition) is 3. The highest BCUT2D eigenvalue weighted by Gasteiger charge is 2.42. The van der Waals surface area contributed by atoms with Crippen LogP contribution in [0.4, 0.5) is 4.39 Å². The van der Waals surface area contributed by atoms with E-state index in [1.165, 1.54) is 24.5 Å². The molecule has 3 N–H and O–H groups in total. The molecule has 6 heteroatoms. The number of aromatic amines is 1. The fourth-order valence-corrected chi connectivity index (χ4v) is 3.34. The van der Waals surface area contributed by atoms with E-state index in [2.05, 4.69) is 15.5 Å².